The summed E-state index contributed by atoms with van der Waals surface area (Å²) < 4.78 is 7.24. The largest absolute Gasteiger partial charge is 0.496 e. The number of hydrogen-bond acceptors (Lipinski definition) is 3. The molecule has 3 rings (SSSR count). The molecule has 0 aliphatic carbocycles. The first-order chi connectivity index (χ1) is 10.1. The van der Waals surface area contributed by atoms with Gasteiger partial charge in [-0.05, 0) is 37.1 Å². The zero-order valence-electron chi connectivity index (χ0n) is 12.2. The molecule has 0 spiro atoms. The van der Waals surface area contributed by atoms with Gasteiger partial charge < -0.3 is 14.4 Å². The molecule has 2 heterocycles. The Morgan fingerprint density at radius 3 is 2.95 bits per heavy atom. The van der Waals surface area contributed by atoms with Gasteiger partial charge in [0.25, 0.3) is 0 Å². The van der Waals surface area contributed by atoms with Crippen molar-refractivity contribution in [2.24, 2.45) is 5.92 Å². The van der Waals surface area contributed by atoms with E-state index < -0.39 is 5.97 Å². The van der Waals surface area contributed by atoms with Crippen molar-refractivity contribution in [2.45, 2.75) is 26.3 Å². The summed E-state index contributed by atoms with van der Waals surface area (Å²) in [5, 5.41) is 9.13. The molecule has 5 nitrogen and oxygen atoms in total. The lowest BCUT2D eigenvalue weighted by Crippen LogP contribution is -2.26. The molecule has 1 aliphatic heterocycles. The number of aliphatic carboxylic acids is 1. The lowest BCUT2D eigenvalue weighted by molar-refractivity contribution is -0.142. The van der Waals surface area contributed by atoms with E-state index >= 15 is 0 Å². The molecule has 1 aromatic heterocycles. The van der Waals surface area contributed by atoms with Gasteiger partial charge in [-0.2, -0.15) is 0 Å². The fourth-order valence-corrected chi connectivity index (χ4v) is 2.82. The number of nitrogens with zero attached hydrogens (tertiary/aromatic N) is 2. The molecule has 5 heteroatoms. The van der Waals surface area contributed by atoms with Crippen LogP contribution in [0, 0.1) is 12.8 Å². The Kier molecular flexibility index (Phi) is 3.41. The Morgan fingerprint density at radius 1 is 1.48 bits per heavy atom. The van der Waals surface area contributed by atoms with Crippen LogP contribution in [0.25, 0.3) is 11.3 Å². The van der Waals surface area contributed by atoms with Crippen LogP contribution in [0.3, 0.4) is 0 Å². The third-order valence-corrected chi connectivity index (χ3v) is 4.03. The Balaban J connectivity index is 1.92. The van der Waals surface area contributed by atoms with E-state index in [4.69, 9.17) is 9.84 Å². The Hall–Kier alpha value is -2.30. The minimum Gasteiger partial charge on any atom is -0.496 e. The normalized spacial score (nSPS) is 17.3. The van der Waals surface area contributed by atoms with Crippen molar-refractivity contribution in [1.29, 1.82) is 0 Å². The van der Waals surface area contributed by atoms with Crippen LogP contribution < -0.4 is 4.74 Å². The number of ether oxygens (including phenoxy) is 1. The minimum atomic E-state index is -0.726. The average Bonchev–Trinajstić information content (AvgIpc) is 2.89. The summed E-state index contributed by atoms with van der Waals surface area (Å²) in [6.07, 6.45) is 3.32. The van der Waals surface area contributed by atoms with Gasteiger partial charge in [0.1, 0.15) is 11.6 Å². The highest BCUT2D eigenvalue weighted by Crippen LogP contribution is 2.28. The van der Waals surface area contributed by atoms with Crippen LogP contribution in [0.1, 0.15) is 17.8 Å². The van der Waals surface area contributed by atoms with Crippen molar-refractivity contribution < 1.29 is 14.6 Å². The molecular formula is C16H18N2O3. The van der Waals surface area contributed by atoms with Gasteiger partial charge in [-0.3, -0.25) is 4.79 Å². The molecule has 1 aliphatic rings. The molecule has 0 amide bonds. The van der Waals surface area contributed by atoms with Gasteiger partial charge >= 0.3 is 5.97 Å². The lowest BCUT2D eigenvalue weighted by Gasteiger charge is -2.19. The molecule has 0 fully saturated rings. The lowest BCUT2D eigenvalue weighted by atomic mass is 10.00. The second-order valence-corrected chi connectivity index (χ2v) is 5.45. The highest BCUT2D eigenvalue weighted by molar-refractivity contribution is 5.70. The minimum absolute atomic E-state index is 0.308. The van der Waals surface area contributed by atoms with Crippen molar-refractivity contribution >= 4 is 5.97 Å². The van der Waals surface area contributed by atoms with Crippen molar-refractivity contribution in [3.05, 3.63) is 35.8 Å². The Morgan fingerprint density at radius 2 is 2.29 bits per heavy atom. The summed E-state index contributed by atoms with van der Waals surface area (Å²) in [5.74, 6) is 0.790. The molecule has 1 aromatic carbocycles. The summed E-state index contributed by atoms with van der Waals surface area (Å²) in [6, 6.07) is 5.96. The number of hydrogen-bond donors (Lipinski definition) is 1. The van der Waals surface area contributed by atoms with E-state index in [1.165, 1.54) is 0 Å². The second kappa shape index (κ2) is 5.24. The van der Waals surface area contributed by atoms with E-state index in [0.29, 0.717) is 19.4 Å². The third kappa shape index (κ3) is 2.51. The number of carboxylic acids is 1. The standard InChI is InChI=1S/C16H18N2O3/c1-10-7-11(3-5-14(10)21-2)13-9-18-8-12(16(19)20)4-6-15(18)17-13/h3,5,7,9,12H,4,6,8H2,1-2H3,(H,19,20). The predicted octanol–water partition coefficient (Wildman–Crippen LogP) is 2.51. The number of aromatic nitrogens is 2. The number of benzene rings is 1. The van der Waals surface area contributed by atoms with Crippen molar-refractivity contribution in [3.63, 3.8) is 0 Å². The third-order valence-electron chi connectivity index (χ3n) is 4.03. The van der Waals surface area contributed by atoms with E-state index in [2.05, 4.69) is 4.98 Å². The van der Waals surface area contributed by atoms with E-state index in [-0.39, 0.29) is 5.92 Å². The smallest absolute Gasteiger partial charge is 0.308 e. The maximum absolute atomic E-state index is 11.1. The topological polar surface area (TPSA) is 64.4 Å². The molecule has 1 atom stereocenters. The number of imidazole rings is 1. The molecule has 21 heavy (non-hydrogen) atoms. The van der Waals surface area contributed by atoms with E-state index in [1.807, 2.05) is 35.9 Å². The molecule has 1 N–H and O–H groups in total. The summed E-state index contributed by atoms with van der Waals surface area (Å²) in [7, 11) is 1.66. The highest BCUT2D eigenvalue weighted by Gasteiger charge is 2.25. The van der Waals surface area contributed by atoms with Crippen LogP contribution >= 0.6 is 0 Å². The number of rotatable bonds is 3. The van der Waals surface area contributed by atoms with Crippen LogP contribution in [0.2, 0.25) is 0 Å². The molecule has 110 valence electrons. The molecule has 0 saturated carbocycles. The predicted molar refractivity (Wildman–Crippen MR) is 78.4 cm³/mol. The first kappa shape index (κ1) is 13.7. The number of aryl methyl sites for hydroxylation is 2. The Labute approximate surface area is 123 Å². The number of methoxy groups -OCH3 is 1. The second-order valence-electron chi connectivity index (χ2n) is 5.45. The fraction of sp³-hybridized carbons (Fsp3) is 0.375. The first-order valence-corrected chi connectivity index (χ1v) is 7.02. The van der Waals surface area contributed by atoms with Gasteiger partial charge in [0.2, 0.25) is 0 Å². The van der Waals surface area contributed by atoms with Crippen LogP contribution in [-0.2, 0) is 17.8 Å². The van der Waals surface area contributed by atoms with Gasteiger partial charge in [0.15, 0.2) is 0 Å². The monoisotopic (exact) mass is 286 g/mol. The Bertz CT molecular complexity index is 691. The van der Waals surface area contributed by atoms with Crippen LogP contribution in [-0.4, -0.2) is 27.7 Å². The zero-order valence-corrected chi connectivity index (χ0v) is 12.2. The summed E-state index contributed by atoms with van der Waals surface area (Å²) >= 11 is 0. The number of carboxylic acid groups (broad SMARTS) is 1. The average molecular weight is 286 g/mol. The van der Waals surface area contributed by atoms with Crippen molar-refractivity contribution in [3.8, 4) is 17.0 Å². The van der Waals surface area contributed by atoms with Crippen molar-refractivity contribution in [2.75, 3.05) is 7.11 Å². The maximum atomic E-state index is 11.1. The fourth-order valence-electron chi connectivity index (χ4n) is 2.82. The van der Waals surface area contributed by atoms with Gasteiger partial charge in [0.05, 0.1) is 18.7 Å². The highest BCUT2D eigenvalue weighted by atomic mass is 16.5. The number of fused-ring (bicyclic) bond motifs is 1. The molecule has 0 radical (unpaired) electrons. The SMILES string of the molecule is COc1ccc(-c2cn3c(n2)CCC(C(=O)O)C3)cc1C. The molecular weight excluding hydrogens is 268 g/mol. The van der Waals surface area contributed by atoms with Gasteiger partial charge in [-0.1, -0.05) is 0 Å². The van der Waals surface area contributed by atoms with Gasteiger partial charge in [0, 0.05) is 24.7 Å². The maximum Gasteiger partial charge on any atom is 0.308 e. The number of carbonyl (C=O) groups is 1. The van der Waals surface area contributed by atoms with Crippen LogP contribution in [0.4, 0.5) is 0 Å². The van der Waals surface area contributed by atoms with E-state index in [1.54, 1.807) is 7.11 Å². The van der Waals surface area contributed by atoms with Crippen molar-refractivity contribution in [1.82, 2.24) is 9.55 Å². The molecule has 2 aromatic rings. The molecule has 0 bridgehead atoms. The van der Waals surface area contributed by atoms with Gasteiger partial charge in [-0.15, -0.1) is 0 Å². The zero-order chi connectivity index (χ0) is 15.0. The first-order valence-electron chi connectivity index (χ1n) is 7.02. The van der Waals surface area contributed by atoms with E-state index in [0.717, 1.165) is 28.4 Å². The van der Waals surface area contributed by atoms with E-state index in [9.17, 15) is 4.79 Å². The summed E-state index contributed by atoms with van der Waals surface area (Å²) in [4.78, 5) is 15.7. The van der Waals surface area contributed by atoms with Gasteiger partial charge in [-0.25, -0.2) is 4.98 Å². The summed E-state index contributed by atoms with van der Waals surface area (Å²) in [5.41, 5.74) is 2.98. The quantitative estimate of drug-likeness (QED) is 0.941. The molecule has 0 saturated heterocycles. The van der Waals surface area contributed by atoms with Crippen LogP contribution in [0.5, 0.6) is 5.75 Å². The molecule has 1 unspecified atom stereocenters. The summed E-state index contributed by atoms with van der Waals surface area (Å²) in [6.45, 7) is 2.51. The van der Waals surface area contributed by atoms with Crippen LogP contribution in [0.15, 0.2) is 24.4 Å².